The molecule has 2 aromatic heterocycles. The first-order valence-corrected chi connectivity index (χ1v) is 9.22. The molecule has 0 saturated carbocycles. The van der Waals surface area contributed by atoms with E-state index in [0.717, 1.165) is 12.1 Å². The molecule has 0 atom stereocenters. The Hall–Kier alpha value is -2.46. The number of rotatable bonds is 5. The number of aromatic nitrogens is 3. The molecule has 5 nitrogen and oxygen atoms in total. The van der Waals surface area contributed by atoms with Crippen molar-refractivity contribution in [2.75, 3.05) is 6.54 Å². The van der Waals surface area contributed by atoms with Crippen molar-refractivity contribution in [1.82, 2.24) is 19.9 Å². The number of amides is 1. The molecule has 0 aliphatic heterocycles. The number of carbonyl (C=O) groups is 1. The van der Waals surface area contributed by atoms with E-state index in [9.17, 15) is 22.4 Å². The van der Waals surface area contributed by atoms with Crippen molar-refractivity contribution in [2.24, 2.45) is 0 Å². The SMILES string of the molecule is CCN(Cc1ccc(Cl)s1)C(=O)c1nnn(-c2cccc(F)c2)c1C(F)(F)F. The van der Waals surface area contributed by atoms with Gasteiger partial charge in [-0.1, -0.05) is 22.9 Å². The van der Waals surface area contributed by atoms with Gasteiger partial charge in [-0.2, -0.15) is 13.2 Å². The average Bonchev–Trinajstić information content (AvgIpc) is 3.25. The number of thiophene rings is 1. The van der Waals surface area contributed by atoms with E-state index < -0.39 is 29.3 Å². The third-order valence-electron chi connectivity index (χ3n) is 3.84. The lowest BCUT2D eigenvalue weighted by molar-refractivity contribution is -0.143. The first-order chi connectivity index (χ1) is 13.2. The summed E-state index contributed by atoms with van der Waals surface area (Å²) in [7, 11) is 0. The van der Waals surface area contributed by atoms with E-state index in [1.165, 1.54) is 28.4 Å². The van der Waals surface area contributed by atoms with Crippen molar-refractivity contribution >= 4 is 28.8 Å². The van der Waals surface area contributed by atoms with Crippen molar-refractivity contribution in [3.8, 4) is 5.69 Å². The molecule has 148 valence electrons. The zero-order chi connectivity index (χ0) is 20.5. The third kappa shape index (κ3) is 4.17. The van der Waals surface area contributed by atoms with E-state index in [4.69, 9.17) is 11.6 Å². The van der Waals surface area contributed by atoms with Crippen LogP contribution in [0.3, 0.4) is 0 Å². The maximum atomic E-state index is 13.7. The predicted molar refractivity (Wildman–Crippen MR) is 96.1 cm³/mol. The number of hydrogen-bond acceptors (Lipinski definition) is 4. The van der Waals surface area contributed by atoms with Gasteiger partial charge in [-0.15, -0.1) is 16.4 Å². The number of halogens is 5. The zero-order valence-corrected chi connectivity index (χ0v) is 15.9. The van der Waals surface area contributed by atoms with Gasteiger partial charge >= 0.3 is 6.18 Å². The van der Waals surface area contributed by atoms with Crippen LogP contribution in [0.4, 0.5) is 17.6 Å². The van der Waals surface area contributed by atoms with Crippen LogP contribution in [0.2, 0.25) is 4.34 Å². The molecule has 11 heteroatoms. The van der Waals surface area contributed by atoms with E-state index >= 15 is 0 Å². The molecule has 0 fully saturated rings. The summed E-state index contributed by atoms with van der Waals surface area (Å²) in [5.41, 5.74) is -2.39. The lowest BCUT2D eigenvalue weighted by Crippen LogP contribution is -2.32. The molecular formula is C17H13ClF4N4OS. The van der Waals surface area contributed by atoms with Crippen LogP contribution in [-0.4, -0.2) is 32.3 Å². The van der Waals surface area contributed by atoms with Crippen molar-refractivity contribution in [3.05, 3.63) is 62.8 Å². The number of hydrogen-bond donors (Lipinski definition) is 0. The Kier molecular flexibility index (Phi) is 5.71. The van der Waals surface area contributed by atoms with Gasteiger partial charge in [-0.25, -0.2) is 9.07 Å². The number of carbonyl (C=O) groups excluding carboxylic acids is 1. The highest BCUT2D eigenvalue weighted by atomic mass is 35.5. The molecule has 0 aliphatic carbocycles. The van der Waals surface area contributed by atoms with Crippen LogP contribution in [0.1, 0.15) is 28.0 Å². The van der Waals surface area contributed by atoms with E-state index in [1.54, 1.807) is 19.1 Å². The van der Waals surface area contributed by atoms with Gasteiger partial charge in [-0.05, 0) is 37.3 Å². The summed E-state index contributed by atoms with van der Waals surface area (Å²) in [4.78, 5) is 14.7. The number of alkyl halides is 3. The van der Waals surface area contributed by atoms with Gasteiger partial charge in [0.25, 0.3) is 5.91 Å². The molecule has 2 heterocycles. The standard InChI is InChI=1S/C17H13ClF4N4OS/c1-2-25(9-12-6-7-13(18)28-12)16(27)14-15(17(20,21)22)26(24-23-14)11-5-3-4-10(19)8-11/h3-8H,2,9H2,1H3. The Labute approximate surface area is 166 Å². The van der Waals surface area contributed by atoms with Crippen molar-refractivity contribution in [1.29, 1.82) is 0 Å². The smallest absolute Gasteiger partial charge is 0.332 e. The van der Waals surface area contributed by atoms with Gasteiger partial charge in [0.2, 0.25) is 0 Å². The van der Waals surface area contributed by atoms with Crippen LogP contribution in [0.15, 0.2) is 36.4 Å². The monoisotopic (exact) mass is 432 g/mol. The van der Waals surface area contributed by atoms with E-state index in [0.29, 0.717) is 13.9 Å². The van der Waals surface area contributed by atoms with Gasteiger partial charge in [0.05, 0.1) is 16.6 Å². The minimum atomic E-state index is -4.92. The second-order valence-corrected chi connectivity index (χ2v) is 7.50. The fourth-order valence-electron chi connectivity index (χ4n) is 2.57. The predicted octanol–water partition coefficient (Wildman–Crippen LogP) is 4.80. The molecular weight excluding hydrogens is 420 g/mol. The van der Waals surface area contributed by atoms with Gasteiger partial charge in [0.15, 0.2) is 11.4 Å². The Morgan fingerprint density at radius 3 is 2.61 bits per heavy atom. The topological polar surface area (TPSA) is 51.0 Å². The molecule has 0 radical (unpaired) electrons. The lowest BCUT2D eigenvalue weighted by Gasteiger charge is -2.20. The summed E-state index contributed by atoms with van der Waals surface area (Å²) in [6.45, 7) is 1.87. The fraction of sp³-hybridized carbons (Fsp3) is 0.235. The molecule has 0 saturated heterocycles. The molecule has 0 unspecified atom stereocenters. The maximum Gasteiger partial charge on any atom is 0.435 e. The zero-order valence-electron chi connectivity index (χ0n) is 14.4. The van der Waals surface area contributed by atoms with Crippen LogP contribution in [0.25, 0.3) is 5.69 Å². The highest BCUT2D eigenvalue weighted by Crippen LogP contribution is 2.33. The first kappa shape index (κ1) is 20.3. The highest BCUT2D eigenvalue weighted by molar-refractivity contribution is 7.16. The van der Waals surface area contributed by atoms with Crippen LogP contribution in [-0.2, 0) is 12.7 Å². The second kappa shape index (κ2) is 7.88. The van der Waals surface area contributed by atoms with Crippen LogP contribution < -0.4 is 0 Å². The van der Waals surface area contributed by atoms with Gasteiger partial charge < -0.3 is 4.90 Å². The number of nitrogens with zero attached hydrogens (tertiary/aromatic N) is 4. The normalized spacial score (nSPS) is 11.6. The Balaban J connectivity index is 2.02. The van der Waals surface area contributed by atoms with E-state index in [-0.39, 0.29) is 18.8 Å². The molecule has 0 aliphatic rings. The molecule has 28 heavy (non-hydrogen) atoms. The molecule has 3 rings (SSSR count). The summed E-state index contributed by atoms with van der Waals surface area (Å²) < 4.78 is 55.5. The summed E-state index contributed by atoms with van der Waals surface area (Å²) in [5.74, 6) is -1.67. The summed E-state index contributed by atoms with van der Waals surface area (Å²) in [6.07, 6.45) is -4.92. The highest BCUT2D eigenvalue weighted by Gasteiger charge is 2.42. The minimum Gasteiger partial charge on any atom is -0.332 e. The maximum absolute atomic E-state index is 13.7. The molecule has 0 N–H and O–H groups in total. The Morgan fingerprint density at radius 1 is 1.29 bits per heavy atom. The van der Waals surface area contributed by atoms with Gasteiger partial charge in [0.1, 0.15) is 5.82 Å². The van der Waals surface area contributed by atoms with Crippen molar-refractivity contribution in [3.63, 3.8) is 0 Å². The Morgan fingerprint density at radius 2 is 2.04 bits per heavy atom. The molecule has 0 spiro atoms. The molecule has 1 aromatic carbocycles. The fourth-order valence-corrected chi connectivity index (χ4v) is 3.67. The average molecular weight is 433 g/mol. The van der Waals surface area contributed by atoms with Gasteiger partial charge in [-0.3, -0.25) is 4.79 Å². The Bertz CT molecular complexity index is 1000. The van der Waals surface area contributed by atoms with Crippen molar-refractivity contribution < 1.29 is 22.4 Å². The largest absolute Gasteiger partial charge is 0.435 e. The van der Waals surface area contributed by atoms with Crippen LogP contribution in [0.5, 0.6) is 0 Å². The number of benzene rings is 1. The minimum absolute atomic E-state index is 0.0802. The molecule has 3 aromatic rings. The molecule has 1 amide bonds. The van der Waals surface area contributed by atoms with E-state index in [1.807, 2.05) is 0 Å². The molecule has 0 bridgehead atoms. The van der Waals surface area contributed by atoms with Crippen molar-refractivity contribution in [2.45, 2.75) is 19.6 Å². The van der Waals surface area contributed by atoms with Crippen LogP contribution in [0, 0.1) is 5.82 Å². The van der Waals surface area contributed by atoms with E-state index in [2.05, 4.69) is 10.3 Å². The lowest BCUT2D eigenvalue weighted by atomic mass is 10.2. The quantitative estimate of drug-likeness (QED) is 0.544. The summed E-state index contributed by atoms with van der Waals surface area (Å²) in [6, 6.07) is 7.78. The second-order valence-electron chi connectivity index (χ2n) is 5.70. The third-order valence-corrected chi connectivity index (χ3v) is 5.05. The summed E-state index contributed by atoms with van der Waals surface area (Å²) >= 11 is 7.09. The first-order valence-electron chi connectivity index (χ1n) is 8.03. The van der Waals surface area contributed by atoms with Gasteiger partial charge in [0, 0.05) is 11.4 Å². The summed E-state index contributed by atoms with van der Waals surface area (Å²) in [5, 5.41) is 6.92. The van der Waals surface area contributed by atoms with Crippen LogP contribution >= 0.6 is 22.9 Å².